The highest BCUT2D eigenvalue weighted by molar-refractivity contribution is 7.12. The Balaban J connectivity index is 2.42. The highest BCUT2D eigenvalue weighted by atomic mass is 32.1. The van der Waals surface area contributed by atoms with Crippen LogP contribution in [0.4, 0.5) is 0 Å². The number of thiophene rings is 1. The first-order valence-corrected chi connectivity index (χ1v) is 8.91. The van der Waals surface area contributed by atoms with Crippen LogP contribution >= 0.6 is 11.3 Å². The van der Waals surface area contributed by atoms with Crippen molar-refractivity contribution in [3.8, 4) is 0 Å². The Morgan fingerprint density at radius 1 is 1.05 bits per heavy atom. The van der Waals surface area contributed by atoms with Crippen LogP contribution in [0.2, 0.25) is 0 Å². The molecule has 1 heterocycles. The molecule has 0 amide bonds. The SMILES string of the molecule is C/C(=C\[C@H](c1ccc(C)s1)[C@H](C)c1ccccc1)C(C)(C)C. The average Bonchev–Trinajstić information content (AvgIpc) is 2.90. The Morgan fingerprint density at radius 3 is 2.18 bits per heavy atom. The molecule has 0 nitrogen and oxygen atoms in total. The monoisotopic (exact) mass is 312 g/mol. The summed E-state index contributed by atoms with van der Waals surface area (Å²) in [6.07, 6.45) is 2.49. The second-order valence-electron chi connectivity index (χ2n) is 7.27. The highest BCUT2D eigenvalue weighted by Gasteiger charge is 2.23. The minimum atomic E-state index is 0.223. The smallest absolute Gasteiger partial charge is 0.0181 e. The molecular weight excluding hydrogens is 284 g/mol. The molecule has 2 atom stereocenters. The van der Waals surface area contributed by atoms with Crippen molar-refractivity contribution in [1.82, 2.24) is 0 Å². The van der Waals surface area contributed by atoms with Crippen molar-refractivity contribution in [2.45, 2.75) is 53.4 Å². The summed E-state index contributed by atoms with van der Waals surface area (Å²) in [5, 5.41) is 0. The first-order valence-electron chi connectivity index (χ1n) is 8.09. The predicted molar refractivity (Wildman–Crippen MR) is 99.9 cm³/mol. The average molecular weight is 313 g/mol. The zero-order valence-corrected chi connectivity index (χ0v) is 15.5. The van der Waals surface area contributed by atoms with Crippen LogP contribution in [-0.2, 0) is 0 Å². The van der Waals surface area contributed by atoms with Crippen LogP contribution in [0.15, 0.2) is 54.1 Å². The summed E-state index contributed by atoms with van der Waals surface area (Å²) in [7, 11) is 0. The first kappa shape index (κ1) is 17.0. The molecule has 0 saturated carbocycles. The van der Waals surface area contributed by atoms with E-state index in [1.165, 1.54) is 20.9 Å². The van der Waals surface area contributed by atoms with Crippen molar-refractivity contribution in [3.63, 3.8) is 0 Å². The molecule has 0 spiro atoms. The molecule has 118 valence electrons. The van der Waals surface area contributed by atoms with Gasteiger partial charge in [-0.25, -0.2) is 0 Å². The van der Waals surface area contributed by atoms with E-state index >= 15 is 0 Å². The lowest BCUT2D eigenvalue weighted by Crippen LogP contribution is -2.11. The van der Waals surface area contributed by atoms with E-state index < -0.39 is 0 Å². The molecule has 0 radical (unpaired) electrons. The molecule has 0 fully saturated rings. The maximum absolute atomic E-state index is 2.49. The van der Waals surface area contributed by atoms with Gasteiger partial charge in [-0.05, 0) is 42.9 Å². The Bertz CT molecular complexity index is 625. The summed E-state index contributed by atoms with van der Waals surface area (Å²) in [5.74, 6) is 0.928. The lowest BCUT2D eigenvalue weighted by molar-refractivity contribution is 0.496. The van der Waals surface area contributed by atoms with Gasteiger partial charge in [-0.3, -0.25) is 0 Å². The summed E-state index contributed by atoms with van der Waals surface area (Å²) in [6, 6.07) is 15.4. The van der Waals surface area contributed by atoms with E-state index in [9.17, 15) is 0 Å². The lowest BCUT2D eigenvalue weighted by atomic mass is 9.80. The zero-order chi connectivity index (χ0) is 16.3. The molecule has 0 unspecified atom stereocenters. The molecule has 1 heteroatoms. The summed E-state index contributed by atoms with van der Waals surface area (Å²) in [6.45, 7) is 13.7. The van der Waals surface area contributed by atoms with Gasteiger partial charge >= 0.3 is 0 Å². The summed E-state index contributed by atoms with van der Waals surface area (Å²) in [4.78, 5) is 2.86. The van der Waals surface area contributed by atoms with E-state index in [1.54, 1.807) is 0 Å². The van der Waals surface area contributed by atoms with Crippen LogP contribution in [0.5, 0.6) is 0 Å². The van der Waals surface area contributed by atoms with Crippen LogP contribution in [0.25, 0.3) is 0 Å². The lowest BCUT2D eigenvalue weighted by Gasteiger charge is -2.26. The van der Waals surface area contributed by atoms with Crippen molar-refractivity contribution in [1.29, 1.82) is 0 Å². The van der Waals surface area contributed by atoms with Crippen LogP contribution in [0.1, 0.15) is 61.8 Å². The molecule has 1 aromatic carbocycles. The van der Waals surface area contributed by atoms with Crippen LogP contribution in [-0.4, -0.2) is 0 Å². The Morgan fingerprint density at radius 2 is 1.68 bits per heavy atom. The zero-order valence-electron chi connectivity index (χ0n) is 14.7. The van der Waals surface area contributed by atoms with Gasteiger partial charge in [-0.2, -0.15) is 0 Å². The second-order valence-corrected chi connectivity index (χ2v) is 8.59. The number of benzene rings is 1. The van der Waals surface area contributed by atoms with Crippen LogP contribution in [0.3, 0.4) is 0 Å². The number of hydrogen-bond donors (Lipinski definition) is 0. The van der Waals surface area contributed by atoms with Gasteiger partial charge in [-0.15, -0.1) is 11.3 Å². The fraction of sp³-hybridized carbons (Fsp3) is 0.429. The van der Waals surface area contributed by atoms with E-state index in [4.69, 9.17) is 0 Å². The molecule has 0 aliphatic heterocycles. The molecule has 0 aliphatic carbocycles. The molecular formula is C21H28S. The first-order chi connectivity index (χ1) is 10.3. The van der Waals surface area contributed by atoms with Crippen molar-refractivity contribution >= 4 is 11.3 Å². The van der Waals surface area contributed by atoms with Crippen molar-refractivity contribution < 1.29 is 0 Å². The van der Waals surface area contributed by atoms with Gasteiger partial charge in [0.2, 0.25) is 0 Å². The molecule has 22 heavy (non-hydrogen) atoms. The van der Waals surface area contributed by atoms with E-state index in [0.29, 0.717) is 11.8 Å². The number of allylic oxidation sites excluding steroid dienone is 2. The van der Waals surface area contributed by atoms with Crippen LogP contribution < -0.4 is 0 Å². The number of hydrogen-bond acceptors (Lipinski definition) is 1. The summed E-state index contributed by atoms with van der Waals surface area (Å²) < 4.78 is 0. The minimum absolute atomic E-state index is 0.223. The third kappa shape index (κ3) is 4.10. The van der Waals surface area contributed by atoms with E-state index in [0.717, 1.165) is 0 Å². The van der Waals surface area contributed by atoms with Crippen molar-refractivity contribution in [2.24, 2.45) is 5.41 Å². The largest absolute Gasteiger partial charge is 0.145 e. The minimum Gasteiger partial charge on any atom is -0.145 e. The Kier molecular flexibility index (Phi) is 5.28. The number of rotatable bonds is 4. The fourth-order valence-corrected chi connectivity index (χ4v) is 3.64. The Labute approximate surface area is 139 Å². The van der Waals surface area contributed by atoms with Crippen molar-refractivity contribution in [3.05, 3.63) is 69.4 Å². The third-order valence-corrected chi connectivity index (χ3v) is 5.67. The van der Waals surface area contributed by atoms with E-state index in [-0.39, 0.29) is 5.41 Å². The molecule has 2 aromatic rings. The highest BCUT2D eigenvalue weighted by Crippen LogP contribution is 2.39. The van der Waals surface area contributed by atoms with Gasteiger partial charge in [0.25, 0.3) is 0 Å². The predicted octanol–water partition coefficient (Wildman–Crippen LogP) is 6.94. The Hall–Kier alpha value is -1.34. The van der Waals surface area contributed by atoms with Gasteiger partial charge in [0, 0.05) is 15.7 Å². The van der Waals surface area contributed by atoms with Gasteiger partial charge in [0.1, 0.15) is 0 Å². The normalized spacial score (nSPS) is 15.6. The van der Waals surface area contributed by atoms with Crippen LogP contribution in [0, 0.1) is 12.3 Å². The molecule has 2 rings (SSSR count). The van der Waals surface area contributed by atoms with Gasteiger partial charge < -0.3 is 0 Å². The van der Waals surface area contributed by atoms with E-state index in [2.05, 4.69) is 90.1 Å². The summed E-state index contributed by atoms with van der Waals surface area (Å²) in [5.41, 5.74) is 3.10. The molecule has 0 saturated heterocycles. The second kappa shape index (κ2) is 6.83. The quantitative estimate of drug-likeness (QED) is 0.536. The third-order valence-electron chi connectivity index (χ3n) is 4.57. The van der Waals surface area contributed by atoms with E-state index in [1.807, 2.05) is 11.3 Å². The molecule has 0 bridgehead atoms. The fourth-order valence-electron chi connectivity index (χ4n) is 2.59. The van der Waals surface area contributed by atoms with Gasteiger partial charge in [0.05, 0.1) is 0 Å². The molecule has 0 aliphatic rings. The molecule has 1 aromatic heterocycles. The topological polar surface area (TPSA) is 0 Å². The van der Waals surface area contributed by atoms with Gasteiger partial charge in [0.15, 0.2) is 0 Å². The maximum Gasteiger partial charge on any atom is 0.0181 e. The maximum atomic E-state index is 2.49. The number of aryl methyl sites for hydroxylation is 1. The van der Waals surface area contributed by atoms with Crippen molar-refractivity contribution in [2.75, 3.05) is 0 Å². The van der Waals surface area contributed by atoms with Gasteiger partial charge in [-0.1, -0.05) is 69.7 Å². The summed E-state index contributed by atoms with van der Waals surface area (Å²) >= 11 is 1.93. The molecule has 0 N–H and O–H groups in total. The standard InChI is InChI=1S/C21H28S/c1-15(21(4,5)6)14-19(20-13-12-16(2)22-20)17(3)18-10-8-7-9-11-18/h7-14,17,19H,1-6H3/b15-14+/t17-,19+/m1/s1.